The summed E-state index contributed by atoms with van der Waals surface area (Å²) in [6.45, 7) is 6.76. The molecule has 4 rings (SSSR count). The van der Waals surface area contributed by atoms with Crippen molar-refractivity contribution in [3.8, 4) is 0 Å². The lowest BCUT2D eigenvalue weighted by Gasteiger charge is -2.30. The van der Waals surface area contributed by atoms with E-state index in [1.807, 2.05) is 49.2 Å². The molecule has 2 heterocycles. The SMILES string of the molecule is CC(=O)N(C)C1CCN(c2ccc(NC(=O)ON3CCC(c4ccc(Cl)cc4)CC3)cc2C)C1. The molecule has 2 aromatic carbocycles. The summed E-state index contributed by atoms with van der Waals surface area (Å²) in [6.07, 6.45) is 2.34. The Morgan fingerprint density at radius 3 is 2.41 bits per heavy atom. The molecule has 0 aromatic heterocycles. The zero-order valence-electron chi connectivity index (χ0n) is 20.1. The molecule has 0 saturated carbocycles. The summed E-state index contributed by atoms with van der Waals surface area (Å²) in [5.41, 5.74) is 4.19. The number of rotatable bonds is 5. The minimum Gasteiger partial charge on any atom is -0.369 e. The summed E-state index contributed by atoms with van der Waals surface area (Å²) >= 11 is 5.99. The Hall–Kier alpha value is -2.77. The minimum atomic E-state index is -0.471. The maximum Gasteiger partial charge on any atom is 0.430 e. The lowest BCUT2D eigenvalue weighted by molar-refractivity contribution is -0.129. The highest BCUT2D eigenvalue weighted by Gasteiger charge is 2.28. The Morgan fingerprint density at radius 1 is 1.06 bits per heavy atom. The van der Waals surface area contributed by atoms with E-state index in [1.54, 1.807) is 12.0 Å². The Kier molecular flexibility index (Phi) is 7.63. The monoisotopic (exact) mass is 484 g/mol. The first-order valence-corrected chi connectivity index (χ1v) is 12.3. The molecule has 2 aliphatic rings. The van der Waals surface area contributed by atoms with Gasteiger partial charge < -0.3 is 14.6 Å². The quantitative estimate of drug-likeness (QED) is 0.643. The molecular weight excluding hydrogens is 452 g/mol. The van der Waals surface area contributed by atoms with Gasteiger partial charge in [0, 0.05) is 56.5 Å². The summed E-state index contributed by atoms with van der Waals surface area (Å²) in [4.78, 5) is 33.8. The molecule has 0 spiro atoms. The van der Waals surface area contributed by atoms with E-state index in [2.05, 4.69) is 22.3 Å². The number of nitrogens with zero attached hydrogens (tertiary/aromatic N) is 3. The molecule has 7 nitrogen and oxygen atoms in total. The minimum absolute atomic E-state index is 0.0934. The predicted molar refractivity (Wildman–Crippen MR) is 135 cm³/mol. The van der Waals surface area contributed by atoms with Gasteiger partial charge in [0.2, 0.25) is 5.91 Å². The molecular formula is C26H33ClN4O3. The standard InChI is InChI=1S/C26H33ClN4O3/c1-18-16-23(8-9-25(18)30-13-12-24(17-30)29(3)19(2)32)28-26(33)34-31-14-10-21(11-15-31)20-4-6-22(27)7-5-20/h4-9,16,21,24H,10-15,17H2,1-3H3,(H,28,33). The molecule has 182 valence electrons. The normalized spacial score (nSPS) is 19.2. The Balaban J connectivity index is 1.26. The lowest BCUT2D eigenvalue weighted by Crippen LogP contribution is -2.37. The fourth-order valence-electron chi connectivity index (χ4n) is 4.90. The maximum atomic E-state index is 12.5. The van der Waals surface area contributed by atoms with Gasteiger partial charge in [0.1, 0.15) is 0 Å². The van der Waals surface area contributed by atoms with Crippen molar-refractivity contribution < 1.29 is 14.4 Å². The first kappa shape index (κ1) is 24.4. The van der Waals surface area contributed by atoms with Crippen molar-refractivity contribution in [1.29, 1.82) is 0 Å². The number of aryl methyl sites for hydroxylation is 1. The lowest BCUT2D eigenvalue weighted by atomic mass is 9.90. The number of hydrogen-bond donors (Lipinski definition) is 1. The zero-order chi connectivity index (χ0) is 24.2. The molecule has 0 radical (unpaired) electrons. The predicted octanol–water partition coefficient (Wildman–Crippen LogP) is 5.05. The van der Waals surface area contributed by atoms with Gasteiger partial charge in [-0.15, -0.1) is 5.06 Å². The highest BCUT2D eigenvalue weighted by atomic mass is 35.5. The van der Waals surface area contributed by atoms with Crippen molar-refractivity contribution >= 4 is 35.0 Å². The van der Waals surface area contributed by atoms with Crippen LogP contribution in [0.25, 0.3) is 0 Å². The first-order chi connectivity index (χ1) is 16.3. The molecule has 2 saturated heterocycles. The fourth-order valence-corrected chi connectivity index (χ4v) is 5.02. The Morgan fingerprint density at radius 2 is 1.76 bits per heavy atom. The fraction of sp³-hybridized carbons (Fsp3) is 0.462. The molecule has 1 unspecified atom stereocenters. The van der Waals surface area contributed by atoms with Gasteiger partial charge in [-0.1, -0.05) is 23.7 Å². The van der Waals surface area contributed by atoms with E-state index in [9.17, 15) is 9.59 Å². The van der Waals surface area contributed by atoms with Crippen LogP contribution < -0.4 is 10.2 Å². The second-order valence-electron chi connectivity index (χ2n) is 9.28. The summed E-state index contributed by atoms with van der Waals surface area (Å²) in [5, 5.41) is 5.33. The van der Waals surface area contributed by atoms with Gasteiger partial charge >= 0.3 is 6.09 Å². The van der Waals surface area contributed by atoms with E-state index in [0.717, 1.165) is 48.6 Å². The van der Waals surface area contributed by atoms with Crippen molar-refractivity contribution in [1.82, 2.24) is 9.96 Å². The van der Waals surface area contributed by atoms with Crippen LogP contribution in [0.4, 0.5) is 16.2 Å². The van der Waals surface area contributed by atoms with Crippen LogP contribution in [0.2, 0.25) is 5.02 Å². The highest BCUT2D eigenvalue weighted by Crippen LogP contribution is 2.30. The molecule has 0 bridgehead atoms. The van der Waals surface area contributed by atoms with Gasteiger partial charge in [-0.3, -0.25) is 10.1 Å². The number of amides is 2. The van der Waals surface area contributed by atoms with Crippen LogP contribution in [-0.2, 0) is 9.63 Å². The van der Waals surface area contributed by atoms with Crippen LogP contribution >= 0.6 is 11.6 Å². The largest absolute Gasteiger partial charge is 0.430 e. The molecule has 2 amide bonds. The molecule has 8 heteroatoms. The second-order valence-corrected chi connectivity index (χ2v) is 9.71. The number of benzene rings is 2. The van der Waals surface area contributed by atoms with Crippen LogP contribution in [-0.4, -0.2) is 61.2 Å². The van der Waals surface area contributed by atoms with Gasteiger partial charge in [-0.05, 0) is 73.6 Å². The number of nitrogens with one attached hydrogen (secondary N) is 1. The molecule has 2 aromatic rings. The van der Waals surface area contributed by atoms with E-state index in [0.29, 0.717) is 24.7 Å². The van der Waals surface area contributed by atoms with Crippen LogP contribution in [0.15, 0.2) is 42.5 Å². The Bertz CT molecular complexity index is 1020. The van der Waals surface area contributed by atoms with Gasteiger partial charge in [0.15, 0.2) is 0 Å². The molecule has 1 N–H and O–H groups in total. The van der Waals surface area contributed by atoms with Gasteiger partial charge in [-0.25, -0.2) is 4.79 Å². The van der Waals surface area contributed by atoms with Crippen LogP contribution in [0.1, 0.15) is 43.2 Å². The van der Waals surface area contributed by atoms with Crippen molar-refractivity contribution in [3.63, 3.8) is 0 Å². The summed E-state index contributed by atoms with van der Waals surface area (Å²) in [7, 11) is 1.86. The molecule has 1 atom stereocenters. The topological polar surface area (TPSA) is 65.1 Å². The van der Waals surface area contributed by atoms with Crippen LogP contribution in [0, 0.1) is 6.92 Å². The summed E-state index contributed by atoms with van der Waals surface area (Å²) < 4.78 is 0. The highest BCUT2D eigenvalue weighted by molar-refractivity contribution is 6.30. The smallest absolute Gasteiger partial charge is 0.369 e. The van der Waals surface area contributed by atoms with Crippen LogP contribution in [0.5, 0.6) is 0 Å². The van der Waals surface area contributed by atoms with Gasteiger partial charge in [0.25, 0.3) is 0 Å². The average Bonchev–Trinajstić information content (AvgIpc) is 3.29. The maximum absolute atomic E-state index is 12.5. The number of hydrogen-bond acceptors (Lipinski definition) is 5. The number of hydroxylamine groups is 2. The Labute approximate surface area is 206 Å². The second kappa shape index (κ2) is 10.7. The van der Waals surface area contributed by atoms with E-state index >= 15 is 0 Å². The van der Waals surface area contributed by atoms with Gasteiger partial charge in [-0.2, -0.15) is 0 Å². The van der Waals surface area contributed by atoms with Crippen LogP contribution in [0.3, 0.4) is 0 Å². The summed E-state index contributed by atoms with van der Waals surface area (Å²) in [5.74, 6) is 0.548. The van der Waals surface area contributed by atoms with Crippen molar-refractivity contribution in [2.45, 2.75) is 45.1 Å². The molecule has 2 aliphatic heterocycles. The van der Waals surface area contributed by atoms with E-state index < -0.39 is 6.09 Å². The number of halogens is 1. The molecule has 2 fully saturated rings. The zero-order valence-corrected chi connectivity index (χ0v) is 20.8. The van der Waals surface area contributed by atoms with Gasteiger partial charge in [0.05, 0.1) is 6.04 Å². The first-order valence-electron chi connectivity index (χ1n) is 11.9. The van der Waals surface area contributed by atoms with Crippen molar-refractivity contribution in [2.24, 2.45) is 0 Å². The third kappa shape index (κ3) is 5.83. The number of likely N-dealkylation sites (N-methyl/N-ethyl adjacent to an activating group) is 1. The number of carbonyl (C=O) groups excluding carboxylic acids is 2. The van der Waals surface area contributed by atoms with Crippen molar-refractivity contribution in [2.75, 3.05) is 43.4 Å². The number of anilines is 2. The van der Waals surface area contributed by atoms with E-state index in [1.165, 1.54) is 5.56 Å². The number of carbonyl (C=O) groups is 2. The summed E-state index contributed by atoms with van der Waals surface area (Å²) in [6, 6.07) is 14.1. The van der Waals surface area contributed by atoms with E-state index in [-0.39, 0.29) is 11.9 Å². The average molecular weight is 485 g/mol. The third-order valence-electron chi connectivity index (χ3n) is 7.00. The molecule has 0 aliphatic carbocycles. The molecule has 34 heavy (non-hydrogen) atoms. The third-order valence-corrected chi connectivity index (χ3v) is 7.25. The number of piperidine rings is 1. The van der Waals surface area contributed by atoms with Crippen molar-refractivity contribution in [3.05, 3.63) is 58.6 Å². The van der Waals surface area contributed by atoms with E-state index in [4.69, 9.17) is 16.4 Å².